The summed E-state index contributed by atoms with van der Waals surface area (Å²) in [6.45, 7) is 3.26. The SMILES string of the molecule is c1ccc(-c2cnc[nH]2)cc1.c1ccc(CN2CCCCC2Cn2cnc(-c3ccccc3)c2)cc1. The Balaban J connectivity index is 0.000000202. The van der Waals surface area contributed by atoms with Crippen LogP contribution in [0.4, 0.5) is 0 Å². The maximum absolute atomic E-state index is 4.61. The molecule has 6 rings (SSSR count). The lowest BCUT2D eigenvalue weighted by Gasteiger charge is -2.36. The Morgan fingerprint density at radius 2 is 1.50 bits per heavy atom. The molecule has 182 valence electrons. The van der Waals surface area contributed by atoms with E-state index in [1.165, 1.54) is 42.5 Å². The molecule has 5 heteroatoms. The Hall–Kier alpha value is -3.96. The summed E-state index contributed by atoms with van der Waals surface area (Å²) in [5.74, 6) is 0. The van der Waals surface area contributed by atoms with E-state index in [0.29, 0.717) is 6.04 Å². The van der Waals surface area contributed by atoms with Crippen LogP contribution in [-0.4, -0.2) is 37.0 Å². The predicted octanol–water partition coefficient (Wildman–Crippen LogP) is 6.68. The molecule has 3 aromatic carbocycles. The lowest BCUT2D eigenvalue weighted by Crippen LogP contribution is -2.41. The average molecular weight is 476 g/mol. The summed E-state index contributed by atoms with van der Waals surface area (Å²) in [6, 6.07) is 32.0. The molecule has 0 bridgehead atoms. The van der Waals surface area contributed by atoms with Crippen molar-refractivity contribution in [3.63, 3.8) is 0 Å². The van der Waals surface area contributed by atoms with Gasteiger partial charge in [-0.25, -0.2) is 9.97 Å². The fourth-order valence-electron chi connectivity index (χ4n) is 4.79. The molecule has 0 amide bonds. The standard InChI is InChI=1S/C22H25N3.C9H8N2/c1-3-9-19(10-4-1)15-25-14-8-7-13-21(25)16-24-17-22(23-18-24)20-11-5-2-6-12-20;1-2-4-8(5-3-1)9-6-10-7-11-9/h1-6,9-12,17-18,21H,7-8,13-16H2;1-7H,(H,10,11). The van der Waals surface area contributed by atoms with Gasteiger partial charge in [-0.1, -0.05) is 97.4 Å². The summed E-state index contributed by atoms with van der Waals surface area (Å²) >= 11 is 0. The molecule has 0 saturated carbocycles. The number of hydrogen-bond donors (Lipinski definition) is 1. The van der Waals surface area contributed by atoms with Crippen LogP contribution in [0, 0.1) is 0 Å². The molecule has 0 radical (unpaired) electrons. The number of benzene rings is 3. The van der Waals surface area contributed by atoms with Crippen LogP contribution in [0.5, 0.6) is 0 Å². The van der Waals surface area contributed by atoms with Crippen molar-refractivity contribution < 1.29 is 0 Å². The Labute approximate surface area is 213 Å². The third-order valence-corrected chi connectivity index (χ3v) is 6.68. The number of H-pyrrole nitrogens is 1. The average Bonchev–Trinajstić information content (AvgIpc) is 3.65. The lowest BCUT2D eigenvalue weighted by molar-refractivity contribution is 0.125. The van der Waals surface area contributed by atoms with Gasteiger partial charge in [-0.3, -0.25) is 4.90 Å². The molecule has 2 aromatic heterocycles. The molecule has 5 aromatic rings. The largest absolute Gasteiger partial charge is 0.345 e. The van der Waals surface area contributed by atoms with E-state index in [2.05, 4.69) is 85.2 Å². The van der Waals surface area contributed by atoms with E-state index in [1.54, 1.807) is 6.33 Å². The summed E-state index contributed by atoms with van der Waals surface area (Å²) < 4.78 is 2.26. The van der Waals surface area contributed by atoms with Gasteiger partial charge < -0.3 is 9.55 Å². The third kappa shape index (κ3) is 6.37. The molecule has 1 N–H and O–H groups in total. The van der Waals surface area contributed by atoms with Crippen LogP contribution in [0.2, 0.25) is 0 Å². The van der Waals surface area contributed by atoms with E-state index in [-0.39, 0.29) is 0 Å². The minimum absolute atomic E-state index is 0.590. The highest BCUT2D eigenvalue weighted by Crippen LogP contribution is 2.22. The molecule has 1 saturated heterocycles. The van der Waals surface area contributed by atoms with Crippen molar-refractivity contribution in [3.8, 4) is 22.5 Å². The molecule has 1 aliphatic heterocycles. The normalized spacial score (nSPS) is 15.7. The van der Waals surface area contributed by atoms with E-state index >= 15 is 0 Å². The van der Waals surface area contributed by atoms with Gasteiger partial charge in [0.05, 0.1) is 30.2 Å². The van der Waals surface area contributed by atoms with Gasteiger partial charge in [-0.15, -0.1) is 0 Å². The van der Waals surface area contributed by atoms with Crippen LogP contribution < -0.4 is 0 Å². The molecule has 0 spiro atoms. The summed E-state index contributed by atoms with van der Waals surface area (Å²) in [7, 11) is 0. The molecule has 5 nitrogen and oxygen atoms in total. The molecule has 1 unspecified atom stereocenters. The third-order valence-electron chi connectivity index (χ3n) is 6.68. The quantitative estimate of drug-likeness (QED) is 0.298. The van der Waals surface area contributed by atoms with E-state index in [9.17, 15) is 0 Å². The first-order valence-corrected chi connectivity index (χ1v) is 12.7. The van der Waals surface area contributed by atoms with Crippen LogP contribution in [0.3, 0.4) is 0 Å². The first kappa shape index (κ1) is 23.8. The molecule has 1 fully saturated rings. The number of likely N-dealkylation sites (tertiary alicyclic amines) is 1. The van der Waals surface area contributed by atoms with Gasteiger partial charge in [0.1, 0.15) is 0 Å². The molecular formula is C31H33N5. The molecular weight excluding hydrogens is 442 g/mol. The topological polar surface area (TPSA) is 49.7 Å². The van der Waals surface area contributed by atoms with Crippen molar-refractivity contribution in [2.75, 3.05) is 6.54 Å². The number of aromatic nitrogens is 4. The molecule has 1 atom stereocenters. The summed E-state index contributed by atoms with van der Waals surface area (Å²) in [6.07, 6.45) is 11.6. The van der Waals surface area contributed by atoms with Crippen molar-refractivity contribution in [2.24, 2.45) is 0 Å². The monoisotopic (exact) mass is 475 g/mol. The zero-order valence-corrected chi connectivity index (χ0v) is 20.6. The van der Waals surface area contributed by atoms with Gasteiger partial charge in [0.25, 0.3) is 0 Å². The Bertz CT molecular complexity index is 1280. The molecule has 3 heterocycles. The van der Waals surface area contributed by atoms with E-state index < -0.39 is 0 Å². The smallest absolute Gasteiger partial charge is 0.0954 e. The number of rotatable bonds is 6. The van der Waals surface area contributed by atoms with Crippen molar-refractivity contribution in [3.05, 3.63) is 122 Å². The van der Waals surface area contributed by atoms with Crippen molar-refractivity contribution in [1.82, 2.24) is 24.4 Å². The first-order chi connectivity index (χ1) is 17.8. The van der Waals surface area contributed by atoms with E-state index in [1.807, 2.05) is 48.9 Å². The van der Waals surface area contributed by atoms with Crippen molar-refractivity contribution in [2.45, 2.75) is 38.4 Å². The Kier molecular flexibility index (Phi) is 8.01. The number of imidazole rings is 2. The fraction of sp³-hybridized carbons (Fsp3) is 0.226. The summed E-state index contributed by atoms with van der Waals surface area (Å²) in [4.78, 5) is 14.2. The lowest BCUT2D eigenvalue weighted by atomic mass is 10.0. The van der Waals surface area contributed by atoms with Gasteiger partial charge in [0, 0.05) is 30.9 Å². The molecule has 1 aliphatic rings. The Morgan fingerprint density at radius 3 is 2.19 bits per heavy atom. The molecule has 36 heavy (non-hydrogen) atoms. The minimum atomic E-state index is 0.590. The minimum Gasteiger partial charge on any atom is -0.345 e. The fourth-order valence-corrected chi connectivity index (χ4v) is 4.79. The van der Waals surface area contributed by atoms with Crippen LogP contribution >= 0.6 is 0 Å². The first-order valence-electron chi connectivity index (χ1n) is 12.7. The number of nitrogens with zero attached hydrogens (tertiary/aromatic N) is 4. The van der Waals surface area contributed by atoms with Crippen LogP contribution in [0.25, 0.3) is 22.5 Å². The number of aromatic amines is 1. The van der Waals surface area contributed by atoms with Gasteiger partial charge in [-0.2, -0.15) is 0 Å². The Morgan fingerprint density at radius 1 is 0.806 bits per heavy atom. The summed E-state index contributed by atoms with van der Waals surface area (Å²) in [5.41, 5.74) is 5.89. The van der Waals surface area contributed by atoms with E-state index in [0.717, 1.165) is 24.5 Å². The van der Waals surface area contributed by atoms with Gasteiger partial charge in [0.2, 0.25) is 0 Å². The van der Waals surface area contributed by atoms with Crippen LogP contribution in [-0.2, 0) is 13.1 Å². The predicted molar refractivity (Wildman–Crippen MR) is 146 cm³/mol. The second kappa shape index (κ2) is 12.1. The van der Waals surface area contributed by atoms with Crippen molar-refractivity contribution >= 4 is 0 Å². The van der Waals surface area contributed by atoms with Crippen LogP contribution in [0.1, 0.15) is 24.8 Å². The number of piperidine rings is 1. The zero-order valence-electron chi connectivity index (χ0n) is 20.6. The highest BCUT2D eigenvalue weighted by Gasteiger charge is 2.23. The maximum Gasteiger partial charge on any atom is 0.0954 e. The number of hydrogen-bond acceptors (Lipinski definition) is 3. The zero-order chi connectivity index (χ0) is 24.4. The highest BCUT2D eigenvalue weighted by molar-refractivity contribution is 5.58. The second-order valence-electron chi connectivity index (χ2n) is 9.26. The second-order valence-corrected chi connectivity index (χ2v) is 9.26. The van der Waals surface area contributed by atoms with Gasteiger partial charge >= 0.3 is 0 Å². The van der Waals surface area contributed by atoms with E-state index in [4.69, 9.17) is 0 Å². The number of nitrogens with one attached hydrogen (secondary N) is 1. The van der Waals surface area contributed by atoms with Crippen LogP contribution in [0.15, 0.2) is 116 Å². The van der Waals surface area contributed by atoms with Gasteiger partial charge in [-0.05, 0) is 30.5 Å². The molecule has 0 aliphatic carbocycles. The highest BCUT2D eigenvalue weighted by atomic mass is 15.2. The van der Waals surface area contributed by atoms with Gasteiger partial charge in [0.15, 0.2) is 0 Å². The van der Waals surface area contributed by atoms with Crippen molar-refractivity contribution in [1.29, 1.82) is 0 Å². The summed E-state index contributed by atoms with van der Waals surface area (Å²) in [5, 5.41) is 0. The maximum atomic E-state index is 4.61.